The fraction of sp³-hybridized carbons (Fsp3) is 0.333. The summed E-state index contributed by atoms with van der Waals surface area (Å²) in [6, 6.07) is 32.9. The summed E-state index contributed by atoms with van der Waals surface area (Å²) in [6.07, 6.45) is 2.71. The molecule has 75 heavy (non-hydrogen) atoms. The zero-order valence-corrected chi connectivity index (χ0v) is 46.5. The van der Waals surface area contributed by atoms with E-state index in [1.165, 1.54) is 0 Å². The number of unbranched alkanes of at least 4 members (excludes halogenated alkanes) is 2. The van der Waals surface area contributed by atoms with Gasteiger partial charge in [-0.2, -0.15) is 0 Å². The van der Waals surface area contributed by atoms with Gasteiger partial charge in [-0.3, -0.25) is 19.2 Å². The number of hydrogen-bond acceptors (Lipinski definition) is 12. The van der Waals surface area contributed by atoms with Crippen molar-refractivity contribution >= 4 is 112 Å². The Morgan fingerprint density at radius 2 is 0.933 bits per heavy atom. The van der Waals surface area contributed by atoms with Gasteiger partial charge in [0.25, 0.3) is 0 Å². The number of carbonyl (C=O) groups excluding carboxylic acids is 6. The quantitative estimate of drug-likeness (QED) is 0.0276. The zero-order chi connectivity index (χ0) is 54.0. The first-order chi connectivity index (χ1) is 36.2. The van der Waals surface area contributed by atoms with Gasteiger partial charge in [-0.15, -0.1) is 0 Å². The van der Waals surface area contributed by atoms with Crippen molar-refractivity contribution in [2.24, 2.45) is 0 Å². The van der Waals surface area contributed by atoms with Crippen molar-refractivity contribution in [2.45, 2.75) is 57.3 Å². The molecule has 0 bridgehead atoms. The minimum absolute atomic E-state index is 0.0148. The Balaban J connectivity index is 1.22. The van der Waals surface area contributed by atoms with Crippen LogP contribution in [-0.2, 0) is 41.9 Å². The molecular weight excluding hydrogens is 1080 g/mol. The van der Waals surface area contributed by atoms with Gasteiger partial charge < -0.3 is 59.9 Å². The molecule has 0 aliphatic heterocycles. The van der Waals surface area contributed by atoms with Gasteiger partial charge >= 0.3 is 0 Å². The third kappa shape index (κ3) is 15.1. The summed E-state index contributed by atoms with van der Waals surface area (Å²) in [6.45, 7) is 0.553. The van der Waals surface area contributed by atoms with E-state index >= 15 is 0 Å². The SMILES string of the molecule is CNCC(=O)NC(C=O)CN(C(=O)CCCCCC(=O)N(CC(C=O)NC(=O)CNC)c1ccccc1N(C)Cc1c(OC)ccc2cc(Br)ccc12)c1ccccc1N(C)Cc1c(OC)ccc2cc(Br)ccc12. The number of para-hydroxylation sites is 4. The number of benzene rings is 6. The predicted octanol–water partition coefficient (Wildman–Crippen LogP) is 7.93. The molecule has 18 heteroatoms. The molecule has 16 nitrogen and oxygen atoms in total. The van der Waals surface area contributed by atoms with E-state index in [0.29, 0.717) is 79.2 Å². The Bertz CT molecular complexity index is 2780. The van der Waals surface area contributed by atoms with Crippen LogP contribution in [0.3, 0.4) is 0 Å². The van der Waals surface area contributed by atoms with Gasteiger partial charge in [0.2, 0.25) is 23.6 Å². The fourth-order valence-corrected chi connectivity index (χ4v) is 9.98. The lowest BCUT2D eigenvalue weighted by Gasteiger charge is -2.32. The summed E-state index contributed by atoms with van der Waals surface area (Å²) in [4.78, 5) is 86.8. The molecule has 0 spiro atoms. The van der Waals surface area contributed by atoms with Crippen LogP contribution in [0, 0.1) is 0 Å². The maximum absolute atomic E-state index is 14.6. The summed E-state index contributed by atoms with van der Waals surface area (Å²) in [7, 11) is 10.4. The third-order valence-electron chi connectivity index (χ3n) is 12.8. The highest BCUT2D eigenvalue weighted by molar-refractivity contribution is 9.10. The van der Waals surface area contributed by atoms with E-state index in [2.05, 4.69) is 53.1 Å². The Labute approximate surface area is 455 Å². The lowest BCUT2D eigenvalue weighted by atomic mass is 10.0. The number of fused-ring (bicyclic) bond motifs is 2. The number of methoxy groups -OCH3 is 2. The van der Waals surface area contributed by atoms with E-state index in [-0.39, 0.29) is 50.8 Å². The number of hydrogen-bond donors (Lipinski definition) is 4. The number of ether oxygens (including phenoxy) is 2. The fourth-order valence-electron chi connectivity index (χ4n) is 9.22. The number of aldehydes is 2. The van der Waals surface area contributed by atoms with Gasteiger partial charge in [0.1, 0.15) is 36.2 Å². The van der Waals surface area contributed by atoms with Crippen LogP contribution in [0.4, 0.5) is 22.7 Å². The molecule has 4 amide bonds. The van der Waals surface area contributed by atoms with Crippen molar-refractivity contribution in [3.05, 3.63) is 129 Å². The first kappa shape index (κ1) is 57.4. The van der Waals surface area contributed by atoms with Crippen molar-refractivity contribution in [3.8, 4) is 11.5 Å². The normalized spacial score (nSPS) is 11.8. The van der Waals surface area contributed by atoms with Gasteiger partial charge in [-0.05, 0) is 109 Å². The number of amides is 4. The van der Waals surface area contributed by atoms with E-state index in [9.17, 15) is 28.8 Å². The Hall–Kier alpha value is -6.86. The second kappa shape index (κ2) is 28.2. The summed E-state index contributed by atoms with van der Waals surface area (Å²) in [5.41, 5.74) is 4.42. The van der Waals surface area contributed by atoms with Crippen LogP contribution in [0.2, 0.25) is 0 Å². The van der Waals surface area contributed by atoms with Crippen LogP contribution in [0.25, 0.3) is 21.5 Å². The number of nitrogens with one attached hydrogen (secondary N) is 4. The highest BCUT2D eigenvalue weighted by Crippen LogP contribution is 2.37. The Morgan fingerprint density at radius 1 is 0.547 bits per heavy atom. The Kier molecular flexibility index (Phi) is 21.6. The Morgan fingerprint density at radius 3 is 1.29 bits per heavy atom. The number of anilines is 4. The summed E-state index contributed by atoms with van der Waals surface area (Å²) >= 11 is 7.16. The highest BCUT2D eigenvalue weighted by Gasteiger charge is 2.28. The van der Waals surface area contributed by atoms with Crippen molar-refractivity contribution in [1.82, 2.24) is 21.3 Å². The maximum atomic E-state index is 14.6. The minimum Gasteiger partial charge on any atom is -0.496 e. The largest absolute Gasteiger partial charge is 0.496 e. The van der Waals surface area contributed by atoms with Gasteiger partial charge in [0.15, 0.2) is 0 Å². The molecule has 0 aliphatic carbocycles. The van der Waals surface area contributed by atoms with Gasteiger partial charge in [0, 0.05) is 60.1 Å². The lowest BCUT2D eigenvalue weighted by molar-refractivity contribution is -0.123. The van der Waals surface area contributed by atoms with Crippen LogP contribution in [0.5, 0.6) is 11.5 Å². The molecule has 2 unspecified atom stereocenters. The molecule has 396 valence electrons. The first-order valence-electron chi connectivity index (χ1n) is 24.7. The molecule has 0 saturated carbocycles. The number of likely N-dealkylation sites (N-methyl/N-ethyl adjacent to an activating group) is 2. The molecular formula is C57H66Br2N8O8. The lowest BCUT2D eigenvalue weighted by Crippen LogP contribution is -2.49. The van der Waals surface area contributed by atoms with E-state index in [1.807, 2.05) is 133 Å². The number of nitrogens with zero attached hydrogens (tertiary/aromatic N) is 4. The van der Waals surface area contributed by atoms with Crippen LogP contribution < -0.4 is 50.3 Å². The van der Waals surface area contributed by atoms with Crippen molar-refractivity contribution < 1.29 is 38.2 Å². The van der Waals surface area contributed by atoms with E-state index in [1.54, 1.807) is 38.1 Å². The van der Waals surface area contributed by atoms with Gasteiger partial charge in [-0.1, -0.05) is 86.8 Å². The molecule has 0 aromatic heterocycles. The predicted molar refractivity (Wildman–Crippen MR) is 305 cm³/mol. The molecule has 4 N–H and O–H groups in total. The first-order valence-corrected chi connectivity index (χ1v) is 26.3. The smallest absolute Gasteiger partial charge is 0.234 e. The summed E-state index contributed by atoms with van der Waals surface area (Å²) < 4.78 is 13.5. The third-order valence-corrected chi connectivity index (χ3v) is 13.8. The number of halogens is 2. The molecule has 0 saturated heterocycles. The summed E-state index contributed by atoms with van der Waals surface area (Å²) in [5, 5.41) is 15.1. The zero-order valence-electron chi connectivity index (χ0n) is 43.3. The highest BCUT2D eigenvalue weighted by atomic mass is 79.9. The topological polar surface area (TPSA) is 182 Å². The van der Waals surface area contributed by atoms with Gasteiger partial charge in [-0.25, -0.2) is 0 Å². The standard InChI is InChI=1S/C57H66Br2N8O8/c1-60-30-54(70)62-42(36-68)32-66(50-16-12-10-14-48(50)64(3)34-46-44-24-22-40(58)28-38(44)20-26-52(46)74-5)56(72)18-8-7-9-19-57(73)67(33-43(37-69)63-55(71)31-61-2)51-17-13-11-15-49(51)65(4)35-47-45-25-23-41(59)29-39(45)21-27-53(47)75-6/h10-17,20-29,36-37,42-43,60-61H,7-9,18-19,30-35H2,1-6H3,(H,62,70)(H,63,71). The maximum Gasteiger partial charge on any atom is 0.234 e. The van der Waals surface area contributed by atoms with E-state index < -0.39 is 23.9 Å². The molecule has 6 rings (SSSR count). The van der Waals surface area contributed by atoms with Crippen LogP contribution in [0.1, 0.15) is 43.2 Å². The molecule has 0 fully saturated rings. The minimum atomic E-state index is -1.01. The monoisotopic (exact) mass is 1150 g/mol. The molecule has 2 atom stereocenters. The second-order valence-corrected chi connectivity index (χ2v) is 20.0. The molecule has 0 radical (unpaired) electrons. The van der Waals surface area contributed by atoms with Crippen LogP contribution >= 0.6 is 31.9 Å². The van der Waals surface area contributed by atoms with E-state index in [4.69, 9.17) is 9.47 Å². The number of carbonyl (C=O) groups is 6. The average molecular weight is 1150 g/mol. The molecule has 6 aromatic rings. The average Bonchev–Trinajstić information content (AvgIpc) is 3.40. The van der Waals surface area contributed by atoms with Crippen molar-refractivity contribution in [1.29, 1.82) is 0 Å². The van der Waals surface area contributed by atoms with Crippen LogP contribution in [0.15, 0.2) is 118 Å². The number of rotatable bonds is 28. The molecule has 0 heterocycles. The van der Waals surface area contributed by atoms with Crippen molar-refractivity contribution in [2.75, 3.05) is 88.2 Å². The summed E-state index contributed by atoms with van der Waals surface area (Å²) in [5.74, 6) is 0.0799. The second-order valence-electron chi connectivity index (χ2n) is 18.2. The molecule has 0 aliphatic rings. The van der Waals surface area contributed by atoms with Crippen LogP contribution in [-0.4, -0.2) is 117 Å². The van der Waals surface area contributed by atoms with Gasteiger partial charge in [0.05, 0.1) is 63.1 Å². The van der Waals surface area contributed by atoms with Crippen molar-refractivity contribution in [3.63, 3.8) is 0 Å². The van der Waals surface area contributed by atoms with E-state index in [0.717, 1.165) is 41.6 Å². The molecule has 6 aromatic carbocycles.